The second-order valence-electron chi connectivity index (χ2n) is 9.12. The molecule has 0 unspecified atom stereocenters. The van der Waals surface area contributed by atoms with Gasteiger partial charge in [-0.3, -0.25) is 9.78 Å². The molecule has 3 N–H and O–H groups in total. The standard InChI is InChI=1S/C30H25ClFN5O2/c31-26-15-24(5-7-28(26)39-18-20-2-1-3-22(32)12-20)37-30-21(16-33)17-35-27-6-4-23(14-25(27)30)36-29(38)13-19-8-10-34-11-9-19/h1-7,12-15,17,34H,8-11,18H2,(H,35,37)(H,36,38). The number of benzene rings is 3. The minimum Gasteiger partial charge on any atom is -0.487 e. The third-order valence-electron chi connectivity index (χ3n) is 6.32. The van der Waals surface area contributed by atoms with E-state index >= 15 is 0 Å². The molecule has 4 aromatic rings. The van der Waals surface area contributed by atoms with Crippen LogP contribution in [0, 0.1) is 17.1 Å². The van der Waals surface area contributed by atoms with Crippen LogP contribution in [0.2, 0.25) is 5.02 Å². The van der Waals surface area contributed by atoms with E-state index in [2.05, 4.69) is 27.0 Å². The predicted octanol–water partition coefficient (Wildman–Crippen LogP) is 6.47. The smallest absolute Gasteiger partial charge is 0.248 e. The average Bonchev–Trinajstić information content (AvgIpc) is 2.93. The van der Waals surface area contributed by atoms with E-state index in [-0.39, 0.29) is 18.3 Å². The first-order valence-corrected chi connectivity index (χ1v) is 12.8. The van der Waals surface area contributed by atoms with Gasteiger partial charge in [0.25, 0.3) is 0 Å². The van der Waals surface area contributed by atoms with Crippen LogP contribution in [0.5, 0.6) is 5.75 Å². The van der Waals surface area contributed by atoms with Gasteiger partial charge in [-0.15, -0.1) is 0 Å². The van der Waals surface area contributed by atoms with Crippen molar-refractivity contribution >= 4 is 45.5 Å². The summed E-state index contributed by atoms with van der Waals surface area (Å²) in [7, 11) is 0. The van der Waals surface area contributed by atoms with E-state index in [0.29, 0.717) is 49.9 Å². The molecule has 5 rings (SSSR count). The first kappa shape index (κ1) is 26.2. The largest absolute Gasteiger partial charge is 0.487 e. The van der Waals surface area contributed by atoms with E-state index in [1.54, 1.807) is 54.6 Å². The van der Waals surface area contributed by atoms with Gasteiger partial charge in [-0.25, -0.2) is 4.39 Å². The Labute approximate surface area is 230 Å². The topological polar surface area (TPSA) is 99.1 Å². The van der Waals surface area contributed by atoms with Crippen molar-refractivity contribution in [1.29, 1.82) is 5.26 Å². The summed E-state index contributed by atoms with van der Waals surface area (Å²) in [6.07, 6.45) is 4.87. The van der Waals surface area contributed by atoms with E-state index in [1.165, 1.54) is 18.3 Å². The molecule has 1 fully saturated rings. The Hall–Kier alpha value is -4.45. The Morgan fingerprint density at radius 2 is 1.95 bits per heavy atom. The third-order valence-corrected chi connectivity index (χ3v) is 6.62. The maximum Gasteiger partial charge on any atom is 0.248 e. The number of nitrogens with zero attached hydrogens (tertiary/aromatic N) is 2. The number of hydrogen-bond donors (Lipinski definition) is 3. The van der Waals surface area contributed by atoms with Crippen molar-refractivity contribution in [3.8, 4) is 11.8 Å². The van der Waals surface area contributed by atoms with E-state index < -0.39 is 0 Å². The highest BCUT2D eigenvalue weighted by atomic mass is 35.5. The van der Waals surface area contributed by atoms with Crippen LogP contribution in [0.25, 0.3) is 10.9 Å². The van der Waals surface area contributed by atoms with Crippen LogP contribution < -0.4 is 20.7 Å². The summed E-state index contributed by atoms with van der Waals surface area (Å²) in [6.45, 7) is 1.91. The number of fused-ring (bicyclic) bond motifs is 1. The molecular weight excluding hydrogens is 517 g/mol. The van der Waals surface area contributed by atoms with Gasteiger partial charge in [0, 0.05) is 29.0 Å². The number of piperidine rings is 1. The van der Waals surface area contributed by atoms with Crippen LogP contribution >= 0.6 is 11.6 Å². The van der Waals surface area contributed by atoms with Crippen LogP contribution in [0.15, 0.2) is 78.5 Å². The lowest BCUT2D eigenvalue weighted by molar-refractivity contribution is -0.112. The van der Waals surface area contributed by atoms with E-state index in [9.17, 15) is 14.4 Å². The van der Waals surface area contributed by atoms with Crippen molar-refractivity contribution in [2.24, 2.45) is 0 Å². The Morgan fingerprint density at radius 3 is 2.72 bits per heavy atom. The van der Waals surface area contributed by atoms with Gasteiger partial charge in [0.15, 0.2) is 0 Å². The van der Waals surface area contributed by atoms with Gasteiger partial charge in [0.05, 0.1) is 21.8 Å². The van der Waals surface area contributed by atoms with Gasteiger partial charge < -0.3 is 20.7 Å². The summed E-state index contributed by atoms with van der Waals surface area (Å²) in [5.41, 5.74) is 4.56. The highest BCUT2D eigenvalue weighted by Gasteiger charge is 2.13. The molecule has 1 saturated heterocycles. The molecule has 3 aromatic carbocycles. The number of rotatable bonds is 7. The van der Waals surface area contributed by atoms with Crippen LogP contribution in [0.4, 0.5) is 21.5 Å². The number of carbonyl (C=O) groups excluding carboxylic acids is 1. The number of aromatic nitrogens is 1. The number of halogens is 2. The fraction of sp³-hybridized carbons (Fsp3) is 0.167. The van der Waals surface area contributed by atoms with E-state index in [0.717, 1.165) is 31.5 Å². The molecule has 0 saturated carbocycles. The second-order valence-corrected chi connectivity index (χ2v) is 9.53. The Balaban J connectivity index is 1.37. The monoisotopic (exact) mass is 541 g/mol. The van der Waals surface area contributed by atoms with Crippen molar-refractivity contribution in [3.05, 3.63) is 100 Å². The van der Waals surface area contributed by atoms with Crippen molar-refractivity contribution in [2.45, 2.75) is 19.4 Å². The number of nitrogens with one attached hydrogen (secondary N) is 3. The molecule has 1 amide bonds. The molecular formula is C30H25ClFN5O2. The van der Waals surface area contributed by atoms with Crippen molar-refractivity contribution in [3.63, 3.8) is 0 Å². The average molecular weight is 542 g/mol. The minimum atomic E-state index is -0.332. The molecule has 7 nitrogen and oxygen atoms in total. The second kappa shape index (κ2) is 11.9. The molecule has 0 spiro atoms. The maximum atomic E-state index is 13.4. The summed E-state index contributed by atoms with van der Waals surface area (Å²) >= 11 is 6.47. The number of anilines is 3. The molecule has 196 valence electrons. The number of hydrogen-bond acceptors (Lipinski definition) is 6. The fourth-order valence-corrected chi connectivity index (χ4v) is 4.61. The van der Waals surface area contributed by atoms with Gasteiger partial charge >= 0.3 is 0 Å². The predicted molar refractivity (Wildman–Crippen MR) is 151 cm³/mol. The van der Waals surface area contributed by atoms with Gasteiger partial charge in [-0.2, -0.15) is 5.26 Å². The molecule has 39 heavy (non-hydrogen) atoms. The molecule has 0 bridgehead atoms. The molecule has 2 heterocycles. The number of pyridine rings is 1. The maximum absolute atomic E-state index is 13.4. The summed E-state index contributed by atoms with van der Waals surface area (Å²) in [5.74, 6) is -0.0775. The molecule has 1 aromatic heterocycles. The molecule has 0 atom stereocenters. The Morgan fingerprint density at radius 1 is 1.13 bits per heavy atom. The number of carbonyl (C=O) groups is 1. The Bertz CT molecular complexity index is 1610. The fourth-order valence-electron chi connectivity index (χ4n) is 4.37. The number of amides is 1. The molecule has 0 radical (unpaired) electrons. The van der Waals surface area contributed by atoms with E-state index in [4.69, 9.17) is 16.3 Å². The summed E-state index contributed by atoms with van der Waals surface area (Å²) in [6, 6.07) is 18.9. The first-order valence-electron chi connectivity index (χ1n) is 12.5. The first-order chi connectivity index (χ1) is 19.0. The van der Waals surface area contributed by atoms with Crippen LogP contribution in [0.3, 0.4) is 0 Å². The lowest BCUT2D eigenvalue weighted by Crippen LogP contribution is -2.24. The van der Waals surface area contributed by atoms with Crippen molar-refractivity contribution in [1.82, 2.24) is 10.3 Å². The summed E-state index contributed by atoms with van der Waals surface area (Å²) in [4.78, 5) is 17.0. The quantitative estimate of drug-likeness (QED) is 0.232. The van der Waals surface area contributed by atoms with Crippen molar-refractivity contribution < 1.29 is 13.9 Å². The summed E-state index contributed by atoms with van der Waals surface area (Å²) < 4.78 is 19.2. The van der Waals surface area contributed by atoms with Crippen LogP contribution in [-0.2, 0) is 11.4 Å². The molecule has 9 heteroatoms. The van der Waals surface area contributed by atoms with Gasteiger partial charge in [-0.05, 0) is 80.0 Å². The number of nitriles is 1. The SMILES string of the molecule is N#Cc1cnc2ccc(NC(=O)C=C3CCNCC3)cc2c1Nc1ccc(OCc2cccc(F)c2)c(Cl)c1. The van der Waals surface area contributed by atoms with Crippen molar-refractivity contribution in [2.75, 3.05) is 23.7 Å². The number of ether oxygens (including phenoxy) is 1. The molecule has 1 aliphatic rings. The van der Waals surface area contributed by atoms with Crippen LogP contribution in [0.1, 0.15) is 24.0 Å². The normalized spacial score (nSPS) is 13.0. The zero-order valence-corrected chi connectivity index (χ0v) is 21.7. The molecule has 0 aliphatic carbocycles. The Kier molecular flexibility index (Phi) is 8.02. The molecule has 1 aliphatic heterocycles. The highest BCUT2D eigenvalue weighted by molar-refractivity contribution is 6.32. The summed E-state index contributed by atoms with van der Waals surface area (Å²) in [5, 5.41) is 20.3. The van der Waals surface area contributed by atoms with E-state index in [1.807, 2.05) is 0 Å². The lowest BCUT2D eigenvalue weighted by atomic mass is 10.1. The van der Waals surface area contributed by atoms with Gasteiger partial charge in [0.2, 0.25) is 5.91 Å². The zero-order valence-electron chi connectivity index (χ0n) is 20.9. The van der Waals surface area contributed by atoms with Gasteiger partial charge in [0.1, 0.15) is 24.2 Å². The zero-order chi connectivity index (χ0) is 27.2. The minimum absolute atomic E-state index is 0.167. The lowest BCUT2D eigenvalue weighted by Gasteiger charge is -2.15. The highest BCUT2D eigenvalue weighted by Crippen LogP contribution is 2.34. The third kappa shape index (κ3) is 6.52. The van der Waals surface area contributed by atoms with Gasteiger partial charge in [-0.1, -0.05) is 29.3 Å². The van der Waals surface area contributed by atoms with Crippen LogP contribution in [-0.4, -0.2) is 24.0 Å².